The summed E-state index contributed by atoms with van der Waals surface area (Å²) in [6.07, 6.45) is 3.57. The van der Waals surface area contributed by atoms with Crippen LogP contribution in [0.3, 0.4) is 0 Å². The van der Waals surface area contributed by atoms with E-state index in [2.05, 4.69) is 35.7 Å². The summed E-state index contributed by atoms with van der Waals surface area (Å²) < 4.78 is 16.1. The van der Waals surface area contributed by atoms with E-state index in [9.17, 15) is 4.79 Å². The van der Waals surface area contributed by atoms with Crippen molar-refractivity contribution in [1.82, 2.24) is 30.4 Å². The van der Waals surface area contributed by atoms with E-state index in [4.69, 9.17) is 14.2 Å². The van der Waals surface area contributed by atoms with Gasteiger partial charge >= 0.3 is 0 Å². The molecule has 1 aromatic carbocycles. The number of rotatable bonds is 10. The van der Waals surface area contributed by atoms with Crippen LogP contribution < -0.4 is 20.1 Å². The Balaban J connectivity index is 1.53. The van der Waals surface area contributed by atoms with Crippen LogP contribution in [0.1, 0.15) is 27.6 Å². The topological polar surface area (TPSA) is 127 Å². The molecule has 1 saturated heterocycles. The van der Waals surface area contributed by atoms with Crippen molar-refractivity contribution >= 4 is 29.7 Å². The Morgan fingerprint density at radius 3 is 2.47 bits per heavy atom. The number of nitrogens with one attached hydrogen (secondary N) is 3. The van der Waals surface area contributed by atoms with Gasteiger partial charge in [-0.3, -0.25) is 14.8 Å². The van der Waals surface area contributed by atoms with Crippen LogP contribution in [0.5, 0.6) is 11.5 Å². The van der Waals surface area contributed by atoms with E-state index in [0.29, 0.717) is 35.5 Å². The molecule has 3 aromatic rings. The zero-order chi connectivity index (χ0) is 25.3. The number of aromatic amines is 1. The summed E-state index contributed by atoms with van der Waals surface area (Å²) in [5.41, 5.74) is 2.00. The Labute approximate surface area is 209 Å². The lowest BCUT2D eigenvalue weighted by Crippen LogP contribution is -2.41. The maximum atomic E-state index is 12.9. The SMILES string of the molecule is COc1cc(/C=C/c2nc(Nc3cc(C)[nH]n3)cc(C(=O)NCCN3CCOCC3)n2)cc(OC)c1. The molecule has 1 fully saturated rings. The molecule has 0 atom stereocenters. The van der Waals surface area contributed by atoms with Gasteiger partial charge in [0.25, 0.3) is 5.91 Å². The molecule has 1 aliphatic rings. The number of anilines is 2. The minimum atomic E-state index is -0.274. The predicted octanol–water partition coefficient (Wildman–Crippen LogP) is 2.50. The first-order chi connectivity index (χ1) is 17.5. The van der Waals surface area contributed by atoms with Crippen molar-refractivity contribution in [1.29, 1.82) is 0 Å². The first-order valence-corrected chi connectivity index (χ1v) is 11.7. The smallest absolute Gasteiger partial charge is 0.270 e. The van der Waals surface area contributed by atoms with Crippen molar-refractivity contribution in [3.8, 4) is 11.5 Å². The molecule has 11 heteroatoms. The molecule has 1 amide bonds. The third-order valence-electron chi connectivity index (χ3n) is 5.55. The quantitative estimate of drug-likeness (QED) is 0.390. The number of carbonyl (C=O) groups is 1. The van der Waals surface area contributed by atoms with Crippen molar-refractivity contribution < 1.29 is 19.0 Å². The second kappa shape index (κ2) is 12.1. The minimum absolute atomic E-state index is 0.254. The van der Waals surface area contributed by atoms with Gasteiger partial charge in [-0.2, -0.15) is 5.10 Å². The second-order valence-electron chi connectivity index (χ2n) is 8.25. The van der Waals surface area contributed by atoms with Crippen LogP contribution in [0.15, 0.2) is 30.3 Å². The molecule has 0 bridgehead atoms. The molecule has 11 nitrogen and oxygen atoms in total. The lowest BCUT2D eigenvalue weighted by atomic mass is 10.2. The summed E-state index contributed by atoms with van der Waals surface area (Å²) in [5.74, 6) is 2.48. The summed E-state index contributed by atoms with van der Waals surface area (Å²) in [5, 5.41) is 13.2. The van der Waals surface area contributed by atoms with Crippen LogP contribution in [0, 0.1) is 6.92 Å². The standard InChI is InChI=1S/C25H31N7O4/c1-17-12-24(31-30-17)29-23-16-21(25(33)26-6-7-32-8-10-36-11-9-32)27-22(28-23)5-4-18-13-19(34-2)15-20(14-18)35-3/h4-5,12-16H,6-11H2,1-3H3,(H,26,33)(H2,27,28,29,30,31)/b5-4+. The molecule has 190 valence electrons. The average molecular weight is 494 g/mol. The van der Waals surface area contributed by atoms with Gasteiger partial charge in [-0.1, -0.05) is 6.08 Å². The molecule has 2 aromatic heterocycles. The van der Waals surface area contributed by atoms with Crippen molar-refractivity contribution in [2.24, 2.45) is 0 Å². The van der Waals surface area contributed by atoms with Gasteiger partial charge < -0.3 is 24.8 Å². The van der Waals surface area contributed by atoms with E-state index < -0.39 is 0 Å². The maximum Gasteiger partial charge on any atom is 0.270 e. The number of benzene rings is 1. The highest BCUT2D eigenvalue weighted by Gasteiger charge is 2.14. The number of aryl methyl sites for hydroxylation is 1. The van der Waals surface area contributed by atoms with E-state index in [1.54, 1.807) is 32.4 Å². The van der Waals surface area contributed by atoms with Crippen LogP contribution >= 0.6 is 0 Å². The fourth-order valence-electron chi connectivity index (χ4n) is 3.67. The Bertz CT molecular complexity index is 1180. The summed E-state index contributed by atoms with van der Waals surface area (Å²) >= 11 is 0. The average Bonchev–Trinajstić information content (AvgIpc) is 3.31. The number of ether oxygens (including phenoxy) is 3. The molecule has 0 aliphatic carbocycles. The normalized spacial score (nSPS) is 14.1. The van der Waals surface area contributed by atoms with Gasteiger partial charge in [0.15, 0.2) is 11.6 Å². The number of morpholine rings is 1. The van der Waals surface area contributed by atoms with Gasteiger partial charge in [0.05, 0.1) is 27.4 Å². The van der Waals surface area contributed by atoms with Gasteiger partial charge in [-0.25, -0.2) is 9.97 Å². The monoisotopic (exact) mass is 493 g/mol. The molecule has 4 rings (SSSR count). The summed E-state index contributed by atoms with van der Waals surface area (Å²) in [7, 11) is 3.20. The Morgan fingerprint density at radius 1 is 1.06 bits per heavy atom. The van der Waals surface area contributed by atoms with E-state index in [0.717, 1.165) is 44.1 Å². The fourth-order valence-corrected chi connectivity index (χ4v) is 3.67. The first-order valence-electron chi connectivity index (χ1n) is 11.7. The first kappa shape index (κ1) is 25.1. The second-order valence-corrected chi connectivity index (χ2v) is 8.25. The fraction of sp³-hybridized carbons (Fsp3) is 0.360. The molecule has 0 radical (unpaired) electrons. The molecule has 0 unspecified atom stereocenters. The zero-order valence-corrected chi connectivity index (χ0v) is 20.7. The van der Waals surface area contributed by atoms with E-state index >= 15 is 0 Å². The molecular formula is C25H31N7O4. The van der Waals surface area contributed by atoms with Crippen molar-refractivity contribution in [2.45, 2.75) is 6.92 Å². The summed E-state index contributed by atoms with van der Waals surface area (Å²) in [6.45, 7) is 6.34. The lowest BCUT2D eigenvalue weighted by molar-refractivity contribution is 0.0383. The van der Waals surface area contributed by atoms with Gasteiger partial charge in [0.2, 0.25) is 0 Å². The van der Waals surface area contributed by atoms with Crippen molar-refractivity contribution in [3.63, 3.8) is 0 Å². The third-order valence-corrected chi connectivity index (χ3v) is 5.55. The van der Waals surface area contributed by atoms with Gasteiger partial charge in [0.1, 0.15) is 23.0 Å². The van der Waals surface area contributed by atoms with Crippen LogP contribution in [-0.4, -0.2) is 84.6 Å². The van der Waals surface area contributed by atoms with E-state index in [1.165, 1.54) is 0 Å². The number of H-pyrrole nitrogens is 1. The van der Waals surface area contributed by atoms with E-state index in [-0.39, 0.29) is 11.6 Å². The highest BCUT2D eigenvalue weighted by molar-refractivity contribution is 5.93. The molecule has 1 aliphatic heterocycles. The van der Waals surface area contributed by atoms with E-state index in [1.807, 2.05) is 31.2 Å². The molecule has 36 heavy (non-hydrogen) atoms. The molecule has 3 N–H and O–H groups in total. The Kier molecular flexibility index (Phi) is 8.48. The molecular weight excluding hydrogens is 462 g/mol. The number of methoxy groups -OCH3 is 2. The maximum absolute atomic E-state index is 12.9. The Hall–Kier alpha value is -3.96. The zero-order valence-electron chi connectivity index (χ0n) is 20.7. The number of hydrogen-bond acceptors (Lipinski definition) is 9. The number of carbonyl (C=O) groups excluding carboxylic acids is 1. The predicted molar refractivity (Wildman–Crippen MR) is 137 cm³/mol. The highest BCUT2D eigenvalue weighted by atomic mass is 16.5. The largest absolute Gasteiger partial charge is 0.497 e. The van der Waals surface area contributed by atoms with Crippen LogP contribution in [-0.2, 0) is 4.74 Å². The summed E-state index contributed by atoms with van der Waals surface area (Å²) in [6, 6.07) is 8.99. The third kappa shape index (κ3) is 7.03. The molecule has 0 saturated carbocycles. The minimum Gasteiger partial charge on any atom is -0.497 e. The van der Waals surface area contributed by atoms with Gasteiger partial charge in [0, 0.05) is 50.1 Å². The number of aromatic nitrogens is 4. The van der Waals surface area contributed by atoms with Crippen LogP contribution in [0.25, 0.3) is 12.2 Å². The molecule has 0 spiro atoms. The number of hydrogen-bond donors (Lipinski definition) is 3. The van der Waals surface area contributed by atoms with Crippen molar-refractivity contribution in [2.75, 3.05) is 58.9 Å². The highest BCUT2D eigenvalue weighted by Crippen LogP contribution is 2.24. The lowest BCUT2D eigenvalue weighted by Gasteiger charge is -2.26. The van der Waals surface area contributed by atoms with Crippen LogP contribution in [0.2, 0.25) is 0 Å². The number of nitrogens with zero attached hydrogens (tertiary/aromatic N) is 4. The van der Waals surface area contributed by atoms with Crippen molar-refractivity contribution in [3.05, 3.63) is 53.1 Å². The van der Waals surface area contributed by atoms with Crippen LogP contribution in [0.4, 0.5) is 11.6 Å². The number of amides is 1. The van der Waals surface area contributed by atoms with Gasteiger partial charge in [-0.15, -0.1) is 0 Å². The summed E-state index contributed by atoms with van der Waals surface area (Å²) in [4.78, 5) is 24.2. The molecule has 3 heterocycles. The Morgan fingerprint density at radius 2 is 1.81 bits per heavy atom. The van der Waals surface area contributed by atoms with Gasteiger partial charge in [-0.05, 0) is 30.7 Å².